The van der Waals surface area contributed by atoms with Gasteiger partial charge in [-0.1, -0.05) is 12.1 Å². The molecule has 1 aliphatic heterocycles. The molecule has 0 aliphatic carbocycles. The van der Waals surface area contributed by atoms with Crippen LogP contribution in [-0.4, -0.2) is 23.2 Å². The molecule has 0 unspecified atom stereocenters. The largest absolute Gasteiger partial charge is 0.381 e. The SMILES string of the molecule is O=c1[nH]c(C2CCOCC2)nc2cc(-c3ccc(F)cc3)sc12. The second-order valence-corrected chi connectivity index (χ2v) is 6.72. The molecule has 1 aromatic carbocycles. The van der Waals surface area contributed by atoms with Crippen molar-refractivity contribution >= 4 is 21.6 Å². The van der Waals surface area contributed by atoms with Crippen LogP contribution in [0.15, 0.2) is 35.1 Å². The molecule has 1 N–H and O–H groups in total. The summed E-state index contributed by atoms with van der Waals surface area (Å²) in [5.41, 5.74) is 1.50. The van der Waals surface area contributed by atoms with Gasteiger partial charge < -0.3 is 9.72 Å². The highest BCUT2D eigenvalue weighted by atomic mass is 32.1. The van der Waals surface area contributed by atoms with Crippen LogP contribution in [0.3, 0.4) is 0 Å². The van der Waals surface area contributed by atoms with Crippen molar-refractivity contribution in [1.82, 2.24) is 9.97 Å². The van der Waals surface area contributed by atoms with E-state index in [-0.39, 0.29) is 17.3 Å². The van der Waals surface area contributed by atoms with Gasteiger partial charge in [-0.05, 0) is 36.6 Å². The molecule has 0 spiro atoms. The molecule has 3 aromatic rings. The van der Waals surface area contributed by atoms with Gasteiger partial charge in [-0.25, -0.2) is 9.37 Å². The first-order chi connectivity index (χ1) is 11.2. The fourth-order valence-corrected chi connectivity index (χ4v) is 3.88. The second kappa shape index (κ2) is 5.86. The van der Waals surface area contributed by atoms with Gasteiger partial charge in [0.15, 0.2) is 0 Å². The van der Waals surface area contributed by atoms with Crippen LogP contribution in [0.4, 0.5) is 4.39 Å². The normalized spacial score (nSPS) is 16.0. The number of benzene rings is 1. The lowest BCUT2D eigenvalue weighted by molar-refractivity contribution is 0.0836. The maximum Gasteiger partial charge on any atom is 0.268 e. The van der Waals surface area contributed by atoms with Gasteiger partial charge in [0, 0.05) is 24.0 Å². The van der Waals surface area contributed by atoms with Crippen molar-refractivity contribution < 1.29 is 9.13 Å². The number of hydrogen-bond donors (Lipinski definition) is 1. The average molecular weight is 330 g/mol. The van der Waals surface area contributed by atoms with Crippen LogP contribution in [0.5, 0.6) is 0 Å². The molecule has 6 heteroatoms. The fourth-order valence-electron chi connectivity index (χ4n) is 2.88. The number of nitrogens with zero attached hydrogens (tertiary/aromatic N) is 1. The van der Waals surface area contributed by atoms with E-state index in [2.05, 4.69) is 9.97 Å². The monoisotopic (exact) mass is 330 g/mol. The van der Waals surface area contributed by atoms with Crippen molar-refractivity contribution in [3.63, 3.8) is 0 Å². The molecule has 4 nitrogen and oxygen atoms in total. The summed E-state index contributed by atoms with van der Waals surface area (Å²) >= 11 is 1.38. The van der Waals surface area contributed by atoms with Gasteiger partial charge in [0.25, 0.3) is 5.56 Å². The predicted octanol–water partition coefficient (Wildman–Crippen LogP) is 3.68. The highest BCUT2D eigenvalue weighted by molar-refractivity contribution is 7.22. The van der Waals surface area contributed by atoms with E-state index in [1.165, 1.54) is 23.5 Å². The lowest BCUT2D eigenvalue weighted by Gasteiger charge is -2.20. The molecular formula is C17H15FN2O2S. The zero-order chi connectivity index (χ0) is 15.8. The van der Waals surface area contributed by atoms with Crippen LogP contribution in [0.1, 0.15) is 24.6 Å². The topological polar surface area (TPSA) is 55.0 Å². The molecule has 2 aromatic heterocycles. The van der Waals surface area contributed by atoms with Crippen LogP contribution < -0.4 is 5.56 Å². The lowest BCUT2D eigenvalue weighted by Crippen LogP contribution is -2.19. The first kappa shape index (κ1) is 14.5. The Morgan fingerprint density at radius 2 is 1.96 bits per heavy atom. The number of aromatic nitrogens is 2. The maximum absolute atomic E-state index is 13.1. The number of rotatable bonds is 2. The summed E-state index contributed by atoms with van der Waals surface area (Å²) in [6.45, 7) is 1.41. The Balaban J connectivity index is 1.77. The van der Waals surface area contributed by atoms with E-state index in [0.29, 0.717) is 23.4 Å². The van der Waals surface area contributed by atoms with Crippen molar-refractivity contribution in [2.24, 2.45) is 0 Å². The minimum Gasteiger partial charge on any atom is -0.381 e. The second-order valence-electron chi connectivity index (χ2n) is 5.67. The van der Waals surface area contributed by atoms with E-state index in [1.54, 1.807) is 12.1 Å². The Morgan fingerprint density at radius 1 is 1.22 bits per heavy atom. The molecule has 1 aliphatic rings. The van der Waals surface area contributed by atoms with Gasteiger partial charge in [0.05, 0.1) is 5.52 Å². The van der Waals surface area contributed by atoms with E-state index in [0.717, 1.165) is 29.1 Å². The van der Waals surface area contributed by atoms with Crippen LogP contribution >= 0.6 is 11.3 Å². The third-order valence-electron chi connectivity index (χ3n) is 4.14. The molecular weight excluding hydrogens is 315 g/mol. The summed E-state index contributed by atoms with van der Waals surface area (Å²) in [6, 6.07) is 8.18. The minimum absolute atomic E-state index is 0.102. The van der Waals surface area contributed by atoms with Gasteiger partial charge in [-0.2, -0.15) is 0 Å². The summed E-state index contributed by atoms with van der Waals surface area (Å²) in [6.07, 6.45) is 1.76. The lowest BCUT2D eigenvalue weighted by atomic mass is 9.99. The van der Waals surface area contributed by atoms with Crippen LogP contribution in [0.25, 0.3) is 20.7 Å². The quantitative estimate of drug-likeness (QED) is 0.780. The van der Waals surface area contributed by atoms with E-state index < -0.39 is 0 Å². The number of halogens is 1. The van der Waals surface area contributed by atoms with Crippen LogP contribution in [0, 0.1) is 5.82 Å². The zero-order valence-corrected chi connectivity index (χ0v) is 13.2. The standard InChI is InChI=1S/C17H15FN2O2S/c18-12-3-1-10(2-4-12)14-9-13-15(23-14)17(21)20-16(19-13)11-5-7-22-8-6-11/h1-4,9,11H,5-8H2,(H,19,20,21). The average Bonchev–Trinajstić information content (AvgIpc) is 3.01. The number of H-pyrrole nitrogens is 1. The number of aromatic amines is 1. The molecule has 3 heterocycles. The van der Waals surface area contributed by atoms with Gasteiger partial charge in [0.1, 0.15) is 16.3 Å². The highest BCUT2D eigenvalue weighted by Crippen LogP contribution is 2.32. The van der Waals surface area contributed by atoms with Crippen molar-refractivity contribution in [1.29, 1.82) is 0 Å². The molecule has 0 amide bonds. The summed E-state index contributed by atoms with van der Waals surface area (Å²) < 4.78 is 19.0. The highest BCUT2D eigenvalue weighted by Gasteiger charge is 2.20. The van der Waals surface area contributed by atoms with Crippen molar-refractivity contribution in [2.45, 2.75) is 18.8 Å². The summed E-state index contributed by atoms with van der Waals surface area (Å²) in [4.78, 5) is 20.9. The van der Waals surface area contributed by atoms with E-state index in [9.17, 15) is 9.18 Å². The van der Waals surface area contributed by atoms with Crippen LogP contribution in [0.2, 0.25) is 0 Å². The van der Waals surface area contributed by atoms with Gasteiger partial charge in [-0.15, -0.1) is 11.3 Å². The molecule has 1 fully saturated rings. The Bertz CT molecular complexity index is 895. The van der Waals surface area contributed by atoms with Crippen molar-refractivity contribution in [3.05, 3.63) is 52.3 Å². The molecule has 23 heavy (non-hydrogen) atoms. The predicted molar refractivity (Wildman–Crippen MR) is 88.4 cm³/mol. The first-order valence-corrected chi connectivity index (χ1v) is 8.40. The van der Waals surface area contributed by atoms with Gasteiger partial charge in [0.2, 0.25) is 0 Å². The zero-order valence-electron chi connectivity index (χ0n) is 12.3. The van der Waals surface area contributed by atoms with Gasteiger partial charge in [-0.3, -0.25) is 4.79 Å². The smallest absolute Gasteiger partial charge is 0.268 e. The maximum atomic E-state index is 13.1. The Hall–Kier alpha value is -2.05. The third-order valence-corrected chi connectivity index (χ3v) is 5.31. The summed E-state index contributed by atoms with van der Waals surface area (Å²) in [5.74, 6) is 0.719. The fraction of sp³-hybridized carbons (Fsp3) is 0.294. The number of fused-ring (bicyclic) bond motifs is 1. The number of nitrogens with one attached hydrogen (secondary N) is 1. The Labute approximate surface area is 136 Å². The van der Waals surface area contributed by atoms with Gasteiger partial charge >= 0.3 is 0 Å². The molecule has 0 radical (unpaired) electrons. The Morgan fingerprint density at radius 3 is 2.70 bits per heavy atom. The summed E-state index contributed by atoms with van der Waals surface area (Å²) in [7, 11) is 0. The molecule has 4 rings (SSSR count). The van der Waals surface area contributed by atoms with Crippen LogP contribution in [-0.2, 0) is 4.74 Å². The van der Waals surface area contributed by atoms with E-state index in [4.69, 9.17) is 4.74 Å². The van der Waals surface area contributed by atoms with Crippen molar-refractivity contribution in [2.75, 3.05) is 13.2 Å². The van der Waals surface area contributed by atoms with E-state index in [1.807, 2.05) is 6.07 Å². The third kappa shape index (κ3) is 2.80. The van der Waals surface area contributed by atoms with E-state index >= 15 is 0 Å². The minimum atomic E-state index is -0.271. The Kier molecular flexibility index (Phi) is 3.71. The first-order valence-electron chi connectivity index (χ1n) is 7.58. The molecule has 0 saturated carbocycles. The molecule has 0 bridgehead atoms. The number of hydrogen-bond acceptors (Lipinski definition) is 4. The molecule has 118 valence electrons. The summed E-state index contributed by atoms with van der Waals surface area (Å²) in [5, 5.41) is 0. The van der Waals surface area contributed by atoms with Crippen molar-refractivity contribution in [3.8, 4) is 10.4 Å². The molecule has 0 atom stereocenters. The number of ether oxygens (including phenoxy) is 1. The number of thiophene rings is 1. The molecule has 1 saturated heterocycles.